The monoisotopic (exact) mass is 884 g/mol. The van der Waals surface area contributed by atoms with Crippen molar-refractivity contribution in [1.29, 1.82) is 0 Å². The number of ketones is 2. The standard InChI is InChI=1S/C34H26N8O11S3.3Na/c35-31-30-19(17-29(56(51,52)53)33(34(30)44)42-39-21-4-2-1-3-5-21)16-28(55(48,49)50)32(31)41-40-24-12-15-26(27(18-24)54(45,46)47)36-20-6-8-22(9-7-20)37-38-23-10-13-25(43)14-11-23;;;/h1-18,36-37,39H,35H2,(H,45,46,47)(H,48,49,50)(H,51,52,53);;;/q;3*+1/p-3/b41-40?,42-33+;;;. The Kier molecular flexibility index (Phi) is 17.0. The Labute approximate surface area is 403 Å². The van der Waals surface area contributed by atoms with Gasteiger partial charge < -0.3 is 24.7 Å². The Morgan fingerprint density at radius 2 is 1.19 bits per heavy atom. The van der Waals surface area contributed by atoms with Crippen LogP contribution in [0.3, 0.4) is 0 Å². The zero-order valence-corrected chi connectivity index (χ0v) is 39.4. The van der Waals surface area contributed by atoms with Gasteiger partial charge in [0.2, 0.25) is 5.78 Å². The van der Waals surface area contributed by atoms with Crippen LogP contribution in [0.2, 0.25) is 0 Å². The van der Waals surface area contributed by atoms with Crippen LogP contribution in [-0.2, 0) is 35.1 Å². The maximum absolute atomic E-state index is 13.6. The predicted octanol–water partition coefficient (Wildman–Crippen LogP) is -4.74. The van der Waals surface area contributed by atoms with Gasteiger partial charge in [-0.3, -0.25) is 20.4 Å². The Hall–Kier alpha value is -3.69. The number of Topliss-reactive ketones (excluding diaryl/α,β-unsaturated/α-hetero) is 1. The van der Waals surface area contributed by atoms with Gasteiger partial charge in [-0.25, -0.2) is 25.3 Å². The fourth-order valence-corrected chi connectivity index (χ4v) is 7.10. The van der Waals surface area contributed by atoms with Crippen molar-refractivity contribution in [2.45, 2.75) is 9.79 Å². The Balaban J connectivity index is 0.00000310. The van der Waals surface area contributed by atoms with Crippen molar-refractivity contribution in [2.24, 2.45) is 20.4 Å². The average molecular weight is 885 g/mol. The summed E-state index contributed by atoms with van der Waals surface area (Å²) in [6.07, 6.45) is 6.36. The van der Waals surface area contributed by atoms with Gasteiger partial charge >= 0.3 is 88.7 Å². The van der Waals surface area contributed by atoms with Crippen LogP contribution in [-0.4, -0.2) is 61.9 Å². The van der Waals surface area contributed by atoms with Crippen molar-refractivity contribution in [3.63, 3.8) is 0 Å². The molecule has 2 aliphatic carbocycles. The van der Waals surface area contributed by atoms with Crippen molar-refractivity contribution >= 4 is 99.2 Å². The number of anilines is 5. The number of nitrogen functional groups attached to an aromatic ring is 1. The fourth-order valence-electron chi connectivity index (χ4n) is 5.14. The molecule has 0 amide bonds. The molecule has 2 aliphatic rings. The first-order valence-corrected chi connectivity index (χ1v) is 19.8. The van der Waals surface area contributed by atoms with Gasteiger partial charge in [0.1, 0.15) is 41.8 Å². The molecule has 0 heterocycles. The molecule has 0 radical (unpaired) electrons. The first-order chi connectivity index (χ1) is 26.4. The summed E-state index contributed by atoms with van der Waals surface area (Å²) in [6.45, 7) is 0. The SMILES string of the molecule is Nc1c(N=Nc2ccc(Nc3ccc(NN=C4C=CC(=O)C=C4)cc3)c(S(=O)(=O)[O-])c2)c(S(=O)(=O)[O-])cc2c1C(=O)/C(=N/Nc1ccccc1)C(S(=O)(=O)[O-])=C2.[Na+].[Na+].[Na+]. The minimum Gasteiger partial charge on any atom is -0.744 e. The quantitative estimate of drug-likeness (QED) is 0.0275. The maximum Gasteiger partial charge on any atom is 1.00 e. The van der Waals surface area contributed by atoms with Crippen LogP contribution in [0.5, 0.6) is 0 Å². The number of hydrazone groups is 2. The molecule has 4 aromatic carbocycles. The van der Waals surface area contributed by atoms with Crippen LogP contribution in [0.25, 0.3) is 6.08 Å². The molecule has 286 valence electrons. The number of allylic oxidation sites excluding steroid dienone is 5. The molecule has 25 heteroatoms. The number of para-hydroxylation sites is 1. The first kappa shape index (κ1) is 49.7. The normalized spacial score (nSPS) is 14.4. The number of carbonyl (C=O) groups is 2. The molecule has 0 fully saturated rings. The second-order valence-electron chi connectivity index (χ2n) is 11.5. The van der Waals surface area contributed by atoms with Gasteiger partial charge in [0.05, 0.1) is 54.4 Å². The van der Waals surface area contributed by atoms with Crippen LogP contribution in [0.1, 0.15) is 15.9 Å². The van der Waals surface area contributed by atoms with Crippen molar-refractivity contribution in [3.8, 4) is 0 Å². The number of nitrogens with zero attached hydrogens (tertiary/aromatic N) is 4. The van der Waals surface area contributed by atoms with Crippen molar-refractivity contribution in [2.75, 3.05) is 21.9 Å². The number of hydrogen-bond acceptors (Lipinski definition) is 19. The summed E-state index contributed by atoms with van der Waals surface area (Å²) in [6, 6.07) is 17.8. The van der Waals surface area contributed by atoms with E-state index in [0.717, 1.165) is 12.1 Å². The summed E-state index contributed by atoms with van der Waals surface area (Å²) in [4.78, 5) is 21.8. The molecule has 0 saturated carbocycles. The zero-order chi connectivity index (χ0) is 40.4. The summed E-state index contributed by atoms with van der Waals surface area (Å²) in [5.41, 5.74) is 8.83. The molecule has 0 atom stereocenters. The number of nitrogens with two attached hydrogens (primary N) is 1. The van der Waals surface area contributed by atoms with Crippen LogP contribution in [0, 0.1) is 0 Å². The summed E-state index contributed by atoms with van der Waals surface area (Å²) < 4.78 is 110. The largest absolute Gasteiger partial charge is 1.00 e. The van der Waals surface area contributed by atoms with Gasteiger partial charge in [-0.2, -0.15) is 15.3 Å². The third-order valence-electron chi connectivity index (χ3n) is 7.72. The topological polar surface area (TPSA) is 317 Å². The first-order valence-electron chi connectivity index (χ1n) is 15.5. The van der Waals surface area contributed by atoms with Crippen molar-refractivity contribution in [3.05, 3.63) is 119 Å². The minimum absolute atomic E-state index is 0. The van der Waals surface area contributed by atoms with Gasteiger partial charge in [0.15, 0.2) is 5.78 Å². The predicted molar refractivity (Wildman–Crippen MR) is 201 cm³/mol. The minimum atomic E-state index is -5.49. The van der Waals surface area contributed by atoms with Crippen LogP contribution in [0.4, 0.5) is 39.8 Å². The Morgan fingerprint density at radius 1 is 0.610 bits per heavy atom. The van der Waals surface area contributed by atoms with Crippen LogP contribution < -0.4 is 111 Å². The van der Waals surface area contributed by atoms with Crippen LogP contribution >= 0.6 is 0 Å². The molecule has 5 N–H and O–H groups in total. The second kappa shape index (κ2) is 20.2. The molecule has 0 aromatic heterocycles. The third-order valence-corrected chi connectivity index (χ3v) is 10.3. The molecule has 4 aromatic rings. The number of rotatable bonds is 11. The van der Waals surface area contributed by atoms with Gasteiger partial charge in [0.25, 0.3) is 0 Å². The molecular weight excluding hydrogens is 862 g/mol. The van der Waals surface area contributed by atoms with E-state index in [2.05, 4.69) is 36.6 Å². The van der Waals surface area contributed by atoms with Gasteiger partial charge in [-0.05, 0) is 96.6 Å². The van der Waals surface area contributed by atoms with Gasteiger partial charge in [0, 0.05) is 5.69 Å². The molecule has 0 saturated heterocycles. The van der Waals surface area contributed by atoms with Gasteiger partial charge in [-0.15, -0.1) is 5.11 Å². The molecule has 59 heavy (non-hydrogen) atoms. The molecule has 0 unspecified atom stereocenters. The van der Waals surface area contributed by atoms with E-state index in [0.29, 0.717) is 34.9 Å². The van der Waals surface area contributed by atoms with E-state index in [1.165, 1.54) is 54.6 Å². The molecular formula is C34H23N8Na3O11S3. The number of carbonyl (C=O) groups excluding carboxylic acids is 2. The molecule has 0 bridgehead atoms. The molecule has 19 nitrogen and oxygen atoms in total. The smallest absolute Gasteiger partial charge is 0.744 e. The van der Waals surface area contributed by atoms with Crippen molar-refractivity contribution in [1.82, 2.24) is 0 Å². The van der Waals surface area contributed by atoms with E-state index in [4.69, 9.17) is 5.73 Å². The number of benzene rings is 4. The summed E-state index contributed by atoms with van der Waals surface area (Å²) in [5.74, 6) is -1.43. The zero-order valence-electron chi connectivity index (χ0n) is 31.0. The number of fused-ring (bicyclic) bond motifs is 1. The Morgan fingerprint density at radius 3 is 1.78 bits per heavy atom. The van der Waals surface area contributed by atoms with E-state index in [1.54, 1.807) is 30.3 Å². The molecule has 6 rings (SSSR count). The summed E-state index contributed by atoms with van der Waals surface area (Å²) in [5, 5.41) is 18.2. The molecule has 0 spiro atoms. The fraction of sp³-hybridized carbons (Fsp3) is 0. The van der Waals surface area contributed by atoms with E-state index in [1.807, 2.05) is 0 Å². The van der Waals surface area contributed by atoms with E-state index < -0.39 is 79.0 Å². The van der Waals surface area contributed by atoms with Crippen LogP contribution in [0.15, 0.2) is 138 Å². The van der Waals surface area contributed by atoms with E-state index in [-0.39, 0.29) is 106 Å². The molecule has 0 aliphatic heterocycles. The average Bonchev–Trinajstić information content (AvgIpc) is 3.13. The van der Waals surface area contributed by atoms with E-state index in [9.17, 15) is 48.5 Å². The maximum atomic E-state index is 13.6. The number of hydrogen-bond donors (Lipinski definition) is 4. The van der Waals surface area contributed by atoms with Gasteiger partial charge in [-0.1, -0.05) is 18.2 Å². The van der Waals surface area contributed by atoms with E-state index >= 15 is 0 Å². The summed E-state index contributed by atoms with van der Waals surface area (Å²) in [7, 11) is -16.1. The second-order valence-corrected chi connectivity index (χ2v) is 15.6. The number of azo groups is 1. The Bertz CT molecular complexity index is 2830. The number of nitrogens with one attached hydrogen (secondary N) is 3. The third kappa shape index (κ3) is 12.2. The summed E-state index contributed by atoms with van der Waals surface area (Å²) >= 11 is 0. The van der Waals surface area contributed by atoms with Crippen molar-refractivity contribution < 1.29 is 137 Å².